The molecule has 1 atom stereocenters. The highest BCUT2D eigenvalue weighted by Gasteiger charge is 2.51. The van der Waals surface area contributed by atoms with Gasteiger partial charge in [0.15, 0.2) is 11.4 Å². The van der Waals surface area contributed by atoms with Gasteiger partial charge in [-0.15, -0.1) is 0 Å². The SMILES string of the molecule is COC(=O)CN1C(=O)[C@](O)(CC(=O)c2ccccc2O)c2ccccc21. The number of para-hydroxylation sites is 2. The molecule has 2 aromatic rings. The number of phenolic OH excluding ortho intramolecular Hbond substituents is 1. The minimum absolute atomic E-state index is 0.0117. The van der Waals surface area contributed by atoms with Crippen LogP contribution in [0.4, 0.5) is 5.69 Å². The maximum atomic E-state index is 12.8. The molecule has 2 aromatic carbocycles. The molecular weight excluding hydrogens is 338 g/mol. The van der Waals surface area contributed by atoms with E-state index in [1.165, 1.54) is 25.3 Å². The number of hydrogen-bond acceptors (Lipinski definition) is 6. The molecule has 0 unspecified atom stereocenters. The molecule has 7 heteroatoms. The normalized spacial score (nSPS) is 18.5. The number of methoxy groups -OCH3 is 1. The fraction of sp³-hybridized carbons (Fsp3) is 0.211. The van der Waals surface area contributed by atoms with Crippen LogP contribution in [0.15, 0.2) is 48.5 Å². The van der Waals surface area contributed by atoms with Crippen molar-refractivity contribution in [2.75, 3.05) is 18.6 Å². The van der Waals surface area contributed by atoms with Crippen LogP contribution in [-0.2, 0) is 19.9 Å². The summed E-state index contributed by atoms with van der Waals surface area (Å²) in [6.07, 6.45) is -0.557. The number of phenols is 1. The number of anilines is 1. The number of hydrogen-bond donors (Lipinski definition) is 2. The monoisotopic (exact) mass is 355 g/mol. The van der Waals surface area contributed by atoms with Crippen molar-refractivity contribution in [1.82, 2.24) is 0 Å². The third-order valence-corrected chi connectivity index (χ3v) is 4.38. The van der Waals surface area contributed by atoms with E-state index < -0.39 is 29.7 Å². The number of nitrogens with zero attached hydrogens (tertiary/aromatic N) is 1. The second-order valence-corrected chi connectivity index (χ2v) is 5.96. The summed E-state index contributed by atoms with van der Waals surface area (Å²) < 4.78 is 4.60. The van der Waals surface area contributed by atoms with Crippen molar-refractivity contribution >= 4 is 23.3 Å². The molecule has 26 heavy (non-hydrogen) atoms. The molecular formula is C19H17NO6. The Morgan fingerprint density at radius 1 is 1.12 bits per heavy atom. The first-order chi connectivity index (χ1) is 12.4. The number of esters is 1. The van der Waals surface area contributed by atoms with Crippen molar-refractivity contribution < 1.29 is 29.3 Å². The highest BCUT2D eigenvalue weighted by molar-refractivity contribution is 6.12. The average Bonchev–Trinajstić information content (AvgIpc) is 2.84. The van der Waals surface area contributed by atoms with Crippen LogP contribution in [0.25, 0.3) is 0 Å². The number of Topliss-reactive ketones (excluding diaryl/α,β-unsaturated/α-hetero) is 1. The molecule has 0 aliphatic carbocycles. The van der Waals surface area contributed by atoms with E-state index in [2.05, 4.69) is 4.74 Å². The lowest BCUT2D eigenvalue weighted by Crippen LogP contribution is -2.43. The minimum Gasteiger partial charge on any atom is -0.507 e. The van der Waals surface area contributed by atoms with Crippen molar-refractivity contribution in [1.29, 1.82) is 0 Å². The van der Waals surface area contributed by atoms with Crippen LogP contribution in [0.2, 0.25) is 0 Å². The van der Waals surface area contributed by atoms with Gasteiger partial charge in [0.05, 0.1) is 24.8 Å². The van der Waals surface area contributed by atoms with Gasteiger partial charge in [-0.2, -0.15) is 0 Å². The Bertz CT molecular complexity index is 893. The van der Waals surface area contributed by atoms with E-state index in [0.29, 0.717) is 5.69 Å². The van der Waals surface area contributed by atoms with Crippen LogP contribution in [0.3, 0.4) is 0 Å². The van der Waals surface area contributed by atoms with Crippen molar-refractivity contribution in [2.45, 2.75) is 12.0 Å². The predicted molar refractivity (Wildman–Crippen MR) is 91.8 cm³/mol. The number of ether oxygens (including phenoxy) is 1. The molecule has 0 saturated carbocycles. The smallest absolute Gasteiger partial charge is 0.325 e. The van der Waals surface area contributed by atoms with Crippen molar-refractivity contribution in [3.63, 3.8) is 0 Å². The molecule has 1 aliphatic heterocycles. The molecule has 0 saturated heterocycles. The van der Waals surface area contributed by atoms with Crippen LogP contribution in [0.5, 0.6) is 5.75 Å². The molecule has 0 radical (unpaired) electrons. The zero-order valence-electron chi connectivity index (χ0n) is 14.0. The third kappa shape index (κ3) is 2.82. The van der Waals surface area contributed by atoms with Gasteiger partial charge in [0, 0.05) is 5.56 Å². The Hall–Kier alpha value is -3.19. The van der Waals surface area contributed by atoms with Crippen LogP contribution < -0.4 is 4.90 Å². The van der Waals surface area contributed by atoms with Gasteiger partial charge in [-0.3, -0.25) is 19.3 Å². The molecule has 0 spiro atoms. The Kier molecular flexibility index (Phi) is 4.48. The van der Waals surface area contributed by atoms with Gasteiger partial charge in [-0.1, -0.05) is 30.3 Å². The summed E-state index contributed by atoms with van der Waals surface area (Å²) in [5.74, 6) is -2.25. The number of carbonyl (C=O) groups excluding carboxylic acids is 3. The summed E-state index contributed by atoms with van der Waals surface area (Å²) in [5.41, 5.74) is -1.53. The lowest BCUT2D eigenvalue weighted by molar-refractivity contribution is -0.142. The zero-order valence-corrected chi connectivity index (χ0v) is 14.0. The third-order valence-electron chi connectivity index (χ3n) is 4.38. The summed E-state index contributed by atoms with van der Waals surface area (Å²) in [4.78, 5) is 38.1. The van der Waals surface area contributed by atoms with E-state index in [1.807, 2.05) is 0 Å². The number of benzene rings is 2. The largest absolute Gasteiger partial charge is 0.507 e. The van der Waals surface area contributed by atoms with E-state index in [4.69, 9.17) is 0 Å². The summed E-state index contributed by atoms with van der Waals surface area (Å²) in [7, 11) is 1.20. The van der Waals surface area contributed by atoms with Crippen molar-refractivity contribution in [2.24, 2.45) is 0 Å². The maximum Gasteiger partial charge on any atom is 0.325 e. The van der Waals surface area contributed by atoms with E-state index in [-0.39, 0.29) is 23.4 Å². The lowest BCUT2D eigenvalue weighted by Gasteiger charge is -2.22. The first-order valence-corrected chi connectivity index (χ1v) is 7.90. The molecule has 0 aromatic heterocycles. The number of fused-ring (bicyclic) bond motifs is 1. The number of ketones is 1. The van der Waals surface area contributed by atoms with E-state index >= 15 is 0 Å². The van der Waals surface area contributed by atoms with Crippen molar-refractivity contribution in [3.05, 3.63) is 59.7 Å². The van der Waals surface area contributed by atoms with E-state index in [1.54, 1.807) is 30.3 Å². The molecule has 3 rings (SSSR count). The molecule has 134 valence electrons. The van der Waals surface area contributed by atoms with Crippen LogP contribution in [-0.4, -0.2) is 41.5 Å². The average molecular weight is 355 g/mol. The van der Waals surface area contributed by atoms with Crippen LogP contribution >= 0.6 is 0 Å². The second-order valence-electron chi connectivity index (χ2n) is 5.96. The van der Waals surface area contributed by atoms with Crippen molar-refractivity contribution in [3.8, 4) is 5.75 Å². The van der Waals surface area contributed by atoms with Gasteiger partial charge in [-0.25, -0.2) is 0 Å². The molecule has 0 fully saturated rings. The van der Waals surface area contributed by atoms with Gasteiger partial charge < -0.3 is 14.9 Å². The van der Waals surface area contributed by atoms with Crippen LogP contribution in [0, 0.1) is 0 Å². The summed E-state index contributed by atoms with van der Waals surface area (Å²) >= 11 is 0. The lowest BCUT2D eigenvalue weighted by atomic mass is 9.88. The first kappa shape index (κ1) is 17.6. The van der Waals surface area contributed by atoms with Gasteiger partial charge >= 0.3 is 5.97 Å². The molecule has 0 bridgehead atoms. The molecule has 1 aliphatic rings. The Labute approximate surface area is 149 Å². The number of carbonyl (C=O) groups is 3. The van der Waals surface area contributed by atoms with E-state index in [9.17, 15) is 24.6 Å². The first-order valence-electron chi connectivity index (χ1n) is 7.90. The number of rotatable bonds is 5. The highest BCUT2D eigenvalue weighted by Crippen LogP contribution is 2.43. The van der Waals surface area contributed by atoms with Gasteiger partial charge in [-0.05, 0) is 18.2 Å². The second kappa shape index (κ2) is 6.61. The Morgan fingerprint density at radius 2 is 1.77 bits per heavy atom. The standard InChI is InChI=1S/C19H17NO6/c1-26-17(23)11-20-14-8-4-3-7-13(14)19(25,18(20)24)10-16(22)12-6-2-5-9-15(12)21/h2-9,21,25H,10-11H2,1H3/t19-/m0/s1. The summed E-state index contributed by atoms with van der Waals surface area (Å²) in [6.45, 7) is -0.376. The Morgan fingerprint density at radius 3 is 2.46 bits per heavy atom. The molecule has 1 amide bonds. The maximum absolute atomic E-state index is 12.8. The van der Waals surface area contributed by atoms with E-state index in [0.717, 1.165) is 4.90 Å². The minimum atomic E-state index is -2.12. The highest BCUT2D eigenvalue weighted by atomic mass is 16.5. The summed E-state index contributed by atoms with van der Waals surface area (Å²) in [5, 5.41) is 20.9. The van der Waals surface area contributed by atoms with Gasteiger partial charge in [0.2, 0.25) is 0 Å². The molecule has 2 N–H and O–H groups in total. The summed E-state index contributed by atoms with van der Waals surface area (Å²) in [6, 6.07) is 12.3. The van der Waals surface area contributed by atoms with Gasteiger partial charge in [0.1, 0.15) is 12.3 Å². The molecule has 1 heterocycles. The fourth-order valence-electron chi connectivity index (χ4n) is 3.07. The number of aliphatic hydroxyl groups is 1. The topological polar surface area (TPSA) is 104 Å². The number of amides is 1. The molecule has 7 nitrogen and oxygen atoms in total. The Balaban J connectivity index is 1.98. The van der Waals surface area contributed by atoms with Crippen LogP contribution in [0.1, 0.15) is 22.3 Å². The quantitative estimate of drug-likeness (QED) is 0.620. The van der Waals surface area contributed by atoms with Gasteiger partial charge in [0.25, 0.3) is 5.91 Å². The predicted octanol–water partition coefficient (Wildman–Crippen LogP) is 1.37. The number of aromatic hydroxyl groups is 1. The zero-order chi connectivity index (χ0) is 18.9. The fourth-order valence-corrected chi connectivity index (χ4v) is 3.07.